The Bertz CT molecular complexity index is 888. The number of rotatable bonds is 9. The lowest BCUT2D eigenvalue weighted by atomic mass is 10.2. The lowest BCUT2D eigenvalue weighted by Gasteiger charge is -2.34. The third kappa shape index (κ3) is 10.1. The van der Waals surface area contributed by atoms with Crippen molar-refractivity contribution >= 4 is 17.6 Å². The molecule has 0 bridgehead atoms. The second-order valence-electron chi connectivity index (χ2n) is 7.52. The van der Waals surface area contributed by atoms with Gasteiger partial charge >= 0.3 is 11.9 Å². The zero-order valence-corrected chi connectivity index (χ0v) is 18.3. The van der Waals surface area contributed by atoms with E-state index in [1.54, 1.807) is 12.1 Å². The fraction of sp³-hybridized carbons (Fsp3) is 0.391. The summed E-state index contributed by atoms with van der Waals surface area (Å²) in [5, 5.41) is 25.6. The first-order chi connectivity index (χ1) is 15.8. The molecule has 33 heavy (non-hydrogen) atoms. The minimum absolute atomic E-state index is 0.0703. The summed E-state index contributed by atoms with van der Waals surface area (Å²) < 4.78 is 5.64. The van der Waals surface area contributed by atoms with Crippen LogP contribution >= 0.6 is 0 Å². The average molecular weight is 459 g/mol. The molecule has 10 nitrogen and oxygen atoms in total. The summed E-state index contributed by atoms with van der Waals surface area (Å²) in [6, 6.07) is 17.0. The summed E-state index contributed by atoms with van der Waals surface area (Å²) in [6.45, 7) is 7.15. The number of carboxylic acid groups (broad SMARTS) is 2. The molecule has 1 aliphatic rings. The molecule has 0 unspecified atom stereocenters. The number of hydrogen-bond donors (Lipinski definition) is 2. The highest BCUT2D eigenvalue weighted by Gasteiger charge is 2.16. The molecule has 2 aromatic carbocycles. The van der Waals surface area contributed by atoms with Crippen LogP contribution in [0.1, 0.15) is 18.4 Å². The predicted molar refractivity (Wildman–Crippen MR) is 121 cm³/mol. The fourth-order valence-electron chi connectivity index (χ4n) is 3.33. The second-order valence-corrected chi connectivity index (χ2v) is 7.52. The molecule has 10 heteroatoms. The highest BCUT2D eigenvalue weighted by Crippen LogP contribution is 2.19. The van der Waals surface area contributed by atoms with Gasteiger partial charge in [-0.2, -0.15) is 0 Å². The van der Waals surface area contributed by atoms with Gasteiger partial charge in [-0.15, -0.1) is 0 Å². The van der Waals surface area contributed by atoms with Crippen molar-refractivity contribution in [2.45, 2.75) is 19.4 Å². The number of carboxylic acids is 2. The molecule has 178 valence electrons. The van der Waals surface area contributed by atoms with Gasteiger partial charge in [0.05, 0.1) is 17.6 Å². The van der Waals surface area contributed by atoms with Gasteiger partial charge in [-0.1, -0.05) is 36.4 Å². The Morgan fingerprint density at radius 3 is 2.15 bits per heavy atom. The van der Waals surface area contributed by atoms with E-state index in [-0.39, 0.29) is 5.69 Å². The molecule has 2 aromatic rings. The van der Waals surface area contributed by atoms with Gasteiger partial charge < -0.3 is 19.8 Å². The molecule has 0 radical (unpaired) electrons. The average Bonchev–Trinajstić information content (AvgIpc) is 2.81. The molecule has 2 N–H and O–H groups in total. The number of piperazine rings is 1. The van der Waals surface area contributed by atoms with Gasteiger partial charge in [-0.05, 0) is 31.0 Å². The van der Waals surface area contributed by atoms with Gasteiger partial charge in [-0.25, -0.2) is 9.59 Å². The van der Waals surface area contributed by atoms with Crippen LogP contribution in [-0.2, 0) is 16.1 Å². The number of non-ortho nitro benzene ring substituents is 1. The van der Waals surface area contributed by atoms with E-state index < -0.39 is 16.9 Å². The third-order valence-electron chi connectivity index (χ3n) is 5.06. The molecule has 0 amide bonds. The summed E-state index contributed by atoms with van der Waals surface area (Å²) >= 11 is 0. The summed E-state index contributed by atoms with van der Waals surface area (Å²) in [5.74, 6) is -3.08. The predicted octanol–water partition coefficient (Wildman–Crippen LogP) is 2.73. The fourth-order valence-corrected chi connectivity index (χ4v) is 3.33. The third-order valence-corrected chi connectivity index (χ3v) is 5.06. The van der Waals surface area contributed by atoms with Crippen molar-refractivity contribution < 1.29 is 29.5 Å². The zero-order valence-electron chi connectivity index (χ0n) is 18.3. The molecule has 3 rings (SSSR count). The molecule has 0 aliphatic carbocycles. The van der Waals surface area contributed by atoms with Crippen molar-refractivity contribution in [1.29, 1.82) is 0 Å². The van der Waals surface area contributed by atoms with Crippen molar-refractivity contribution in [3.8, 4) is 5.75 Å². The van der Waals surface area contributed by atoms with Crippen LogP contribution in [0, 0.1) is 10.1 Å². The van der Waals surface area contributed by atoms with E-state index >= 15 is 0 Å². The summed E-state index contributed by atoms with van der Waals surface area (Å²) in [6.07, 6.45) is 2.03. The molecule has 1 fully saturated rings. The SMILES string of the molecule is O=C(O)C(=O)O.O=[N+]([O-])c1cccc(OCCCCN2CCN(Cc3ccccc3)CC2)c1. The number of carbonyl (C=O) groups is 2. The Morgan fingerprint density at radius 1 is 0.909 bits per heavy atom. The van der Waals surface area contributed by atoms with Gasteiger partial charge in [-0.3, -0.25) is 15.0 Å². The molecular formula is C23H29N3O7. The van der Waals surface area contributed by atoms with E-state index in [4.69, 9.17) is 24.5 Å². The quantitative estimate of drug-likeness (QED) is 0.251. The van der Waals surface area contributed by atoms with Crippen LogP contribution in [0.3, 0.4) is 0 Å². The Hall–Kier alpha value is -3.50. The molecule has 0 saturated carbocycles. The Morgan fingerprint density at radius 2 is 1.55 bits per heavy atom. The van der Waals surface area contributed by atoms with Crippen molar-refractivity contribution in [3.63, 3.8) is 0 Å². The molecule has 0 atom stereocenters. The van der Waals surface area contributed by atoms with E-state index in [2.05, 4.69) is 40.1 Å². The summed E-state index contributed by atoms with van der Waals surface area (Å²) in [5.41, 5.74) is 1.45. The summed E-state index contributed by atoms with van der Waals surface area (Å²) in [4.78, 5) is 33.6. The zero-order chi connectivity index (χ0) is 24.1. The smallest absolute Gasteiger partial charge is 0.414 e. The van der Waals surface area contributed by atoms with Gasteiger partial charge in [0.1, 0.15) is 5.75 Å². The number of nitro benzene ring substituents is 1. The van der Waals surface area contributed by atoms with Crippen molar-refractivity contribution in [3.05, 3.63) is 70.3 Å². The number of nitrogens with zero attached hydrogens (tertiary/aromatic N) is 3. The lowest BCUT2D eigenvalue weighted by molar-refractivity contribution is -0.384. The van der Waals surface area contributed by atoms with Crippen molar-refractivity contribution in [1.82, 2.24) is 9.80 Å². The van der Waals surface area contributed by atoms with Gasteiger partial charge in [0.2, 0.25) is 0 Å². The van der Waals surface area contributed by atoms with Crippen LogP contribution in [-0.4, -0.2) is 76.2 Å². The maximum absolute atomic E-state index is 10.8. The molecule has 1 aliphatic heterocycles. The number of nitro groups is 1. The molecular weight excluding hydrogens is 430 g/mol. The van der Waals surface area contributed by atoms with E-state index in [0.29, 0.717) is 12.4 Å². The maximum Gasteiger partial charge on any atom is 0.414 e. The first kappa shape index (κ1) is 25.8. The van der Waals surface area contributed by atoms with Crippen LogP contribution in [0.2, 0.25) is 0 Å². The topological polar surface area (TPSA) is 133 Å². The number of benzene rings is 2. The normalized spacial score (nSPS) is 14.1. The van der Waals surface area contributed by atoms with Crippen molar-refractivity contribution in [2.75, 3.05) is 39.3 Å². The monoisotopic (exact) mass is 459 g/mol. The highest BCUT2D eigenvalue weighted by molar-refractivity contribution is 6.27. The number of aliphatic carboxylic acids is 2. The Balaban J connectivity index is 0.000000569. The Labute approximate surface area is 192 Å². The first-order valence-corrected chi connectivity index (χ1v) is 10.7. The minimum atomic E-state index is -1.82. The first-order valence-electron chi connectivity index (χ1n) is 10.7. The standard InChI is InChI=1S/C21H27N3O3.C2H2O4/c25-24(26)20-9-6-10-21(17-20)27-16-5-4-11-22-12-14-23(15-13-22)18-19-7-2-1-3-8-19;3-1(4)2(5)6/h1-3,6-10,17H,4-5,11-16,18H2;(H,3,4)(H,5,6). The van der Waals surface area contributed by atoms with Gasteiger partial charge in [0, 0.05) is 38.8 Å². The second kappa shape index (κ2) is 13.8. The van der Waals surface area contributed by atoms with Crippen LogP contribution < -0.4 is 4.74 Å². The van der Waals surface area contributed by atoms with E-state index in [0.717, 1.165) is 52.1 Å². The Kier molecular flexibility index (Phi) is 10.8. The van der Waals surface area contributed by atoms with Gasteiger partial charge in [0.25, 0.3) is 5.69 Å². The van der Waals surface area contributed by atoms with Crippen LogP contribution in [0.15, 0.2) is 54.6 Å². The summed E-state index contributed by atoms with van der Waals surface area (Å²) in [7, 11) is 0. The molecule has 1 saturated heterocycles. The maximum atomic E-state index is 10.8. The number of unbranched alkanes of at least 4 members (excludes halogenated alkanes) is 1. The number of hydrogen-bond acceptors (Lipinski definition) is 7. The van der Waals surface area contributed by atoms with E-state index in [9.17, 15) is 10.1 Å². The van der Waals surface area contributed by atoms with Gasteiger partial charge in [0.15, 0.2) is 0 Å². The number of ether oxygens (including phenoxy) is 1. The van der Waals surface area contributed by atoms with Crippen molar-refractivity contribution in [2.24, 2.45) is 0 Å². The highest BCUT2D eigenvalue weighted by atomic mass is 16.6. The molecule has 0 aromatic heterocycles. The molecule has 1 heterocycles. The van der Waals surface area contributed by atoms with Crippen LogP contribution in [0.5, 0.6) is 5.75 Å². The lowest BCUT2D eigenvalue weighted by Crippen LogP contribution is -2.46. The molecule has 0 spiro atoms. The largest absolute Gasteiger partial charge is 0.493 e. The van der Waals surface area contributed by atoms with E-state index in [1.807, 2.05) is 0 Å². The minimum Gasteiger partial charge on any atom is -0.493 e. The van der Waals surface area contributed by atoms with E-state index in [1.165, 1.54) is 17.7 Å². The van der Waals surface area contributed by atoms with Crippen LogP contribution in [0.25, 0.3) is 0 Å². The van der Waals surface area contributed by atoms with Crippen LogP contribution in [0.4, 0.5) is 5.69 Å².